The fourth-order valence-electron chi connectivity index (χ4n) is 2.09. The molecule has 122 valence electrons. The number of benzene rings is 2. The maximum Gasteiger partial charge on any atom is 0.230 e. The quantitative estimate of drug-likeness (QED) is 0.713. The second-order valence-electron chi connectivity index (χ2n) is 4.98. The fourth-order valence-corrected chi connectivity index (χ4v) is 3.23. The minimum atomic E-state index is -1.01. The lowest BCUT2D eigenvalue weighted by Gasteiger charge is -2.04. The van der Waals surface area contributed by atoms with E-state index < -0.39 is 11.6 Å². The van der Waals surface area contributed by atoms with Crippen LogP contribution in [0.25, 0.3) is 10.6 Å². The number of carbonyl (C=O) groups is 1. The number of hydrogen-bond donors (Lipinski definition) is 1. The molecular formula is C17H11ClF2N2OS. The van der Waals surface area contributed by atoms with E-state index in [0.29, 0.717) is 10.7 Å². The Kier molecular flexibility index (Phi) is 4.87. The van der Waals surface area contributed by atoms with E-state index in [9.17, 15) is 13.6 Å². The number of nitrogens with one attached hydrogen (secondary N) is 1. The number of carbonyl (C=O) groups excluding carboxylic acids is 1. The van der Waals surface area contributed by atoms with Crippen molar-refractivity contribution in [2.45, 2.75) is 6.42 Å². The second-order valence-corrected chi connectivity index (χ2v) is 6.24. The molecule has 1 aromatic heterocycles. The average Bonchev–Trinajstić information content (AvgIpc) is 2.99. The lowest BCUT2D eigenvalue weighted by molar-refractivity contribution is -0.115. The Labute approximate surface area is 145 Å². The van der Waals surface area contributed by atoms with Gasteiger partial charge in [-0.2, -0.15) is 0 Å². The summed E-state index contributed by atoms with van der Waals surface area (Å²) in [6, 6.07) is 10.5. The van der Waals surface area contributed by atoms with Crippen molar-refractivity contribution in [3.63, 3.8) is 0 Å². The van der Waals surface area contributed by atoms with Gasteiger partial charge in [0, 0.05) is 22.7 Å². The fraction of sp³-hybridized carbons (Fsp3) is 0.0588. The minimum absolute atomic E-state index is 0.0277. The van der Waals surface area contributed by atoms with Crippen LogP contribution in [0, 0.1) is 11.6 Å². The zero-order chi connectivity index (χ0) is 17.1. The third kappa shape index (κ3) is 3.77. The molecule has 0 aliphatic carbocycles. The molecule has 0 saturated carbocycles. The predicted molar refractivity (Wildman–Crippen MR) is 91.3 cm³/mol. The van der Waals surface area contributed by atoms with Gasteiger partial charge in [0.2, 0.25) is 5.91 Å². The van der Waals surface area contributed by atoms with Crippen LogP contribution in [-0.2, 0) is 11.2 Å². The van der Waals surface area contributed by atoms with Crippen LogP contribution in [0.1, 0.15) is 5.69 Å². The molecule has 24 heavy (non-hydrogen) atoms. The van der Waals surface area contributed by atoms with Crippen LogP contribution in [0.5, 0.6) is 0 Å². The number of rotatable bonds is 4. The molecule has 0 saturated heterocycles. The van der Waals surface area contributed by atoms with Gasteiger partial charge < -0.3 is 5.32 Å². The molecule has 0 radical (unpaired) electrons. The maximum absolute atomic E-state index is 13.1. The van der Waals surface area contributed by atoms with Gasteiger partial charge in [0.25, 0.3) is 0 Å². The first-order valence-electron chi connectivity index (χ1n) is 6.97. The number of aromatic nitrogens is 1. The van der Waals surface area contributed by atoms with Crippen molar-refractivity contribution in [2.75, 3.05) is 5.32 Å². The zero-order valence-electron chi connectivity index (χ0n) is 12.2. The number of amides is 1. The second kappa shape index (κ2) is 7.07. The van der Waals surface area contributed by atoms with Gasteiger partial charge in [-0.15, -0.1) is 11.3 Å². The molecular weight excluding hydrogens is 354 g/mol. The van der Waals surface area contributed by atoms with E-state index >= 15 is 0 Å². The average molecular weight is 365 g/mol. The number of hydrogen-bond acceptors (Lipinski definition) is 3. The van der Waals surface area contributed by atoms with E-state index in [-0.39, 0.29) is 18.0 Å². The SMILES string of the molecule is O=C(Cc1csc(-c2ccccc2Cl)n1)Nc1ccc(F)c(F)c1. The summed E-state index contributed by atoms with van der Waals surface area (Å²) in [4.78, 5) is 16.4. The highest BCUT2D eigenvalue weighted by atomic mass is 35.5. The molecule has 1 heterocycles. The summed E-state index contributed by atoms with van der Waals surface area (Å²) in [6.07, 6.45) is 0.0277. The van der Waals surface area contributed by atoms with Crippen molar-refractivity contribution in [2.24, 2.45) is 0 Å². The van der Waals surface area contributed by atoms with Crippen LogP contribution in [0.2, 0.25) is 5.02 Å². The lowest BCUT2D eigenvalue weighted by Crippen LogP contribution is -2.14. The van der Waals surface area contributed by atoms with Gasteiger partial charge in [-0.3, -0.25) is 4.79 Å². The molecule has 1 amide bonds. The highest BCUT2D eigenvalue weighted by molar-refractivity contribution is 7.13. The standard InChI is InChI=1S/C17H11ClF2N2OS/c18-13-4-2-1-3-12(13)17-22-11(9-24-17)8-16(23)21-10-5-6-14(19)15(20)7-10/h1-7,9H,8H2,(H,21,23). The predicted octanol–water partition coefficient (Wildman–Crippen LogP) is 4.92. The van der Waals surface area contributed by atoms with Crippen molar-refractivity contribution < 1.29 is 13.6 Å². The van der Waals surface area contributed by atoms with Crippen molar-refractivity contribution in [1.82, 2.24) is 4.98 Å². The molecule has 0 unspecified atom stereocenters. The first kappa shape index (κ1) is 16.5. The molecule has 0 aliphatic rings. The highest BCUT2D eigenvalue weighted by Gasteiger charge is 2.12. The Morgan fingerprint density at radius 3 is 2.71 bits per heavy atom. The monoisotopic (exact) mass is 364 g/mol. The van der Waals surface area contributed by atoms with Crippen LogP contribution >= 0.6 is 22.9 Å². The summed E-state index contributed by atoms with van der Waals surface area (Å²) >= 11 is 7.51. The van der Waals surface area contributed by atoms with E-state index in [2.05, 4.69) is 10.3 Å². The Morgan fingerprint density at radius 2 is 1.96 bits per heavy atom. The van der Waals surface area contributed by atoms with Crippen molar-refractivity contribution >= 4 is 34.5 Å². The highest BCUT2D eigenvalue weighted by Crippen LogP contribution is 2.30. The third-order valence-corrected chi connectivity index (χ3v) is 4.46. The Hall–Kier alpha value is -2.31. The van der Waals surface area contributed by atoms with E-state index in [1.807, 2.05) is 18.2 Å². The van der Waals surface area contributed by atoms with Gasteiger partial charge in [0.1, 0.15) is 5.01 Å². The number of nitrogens with zero attached hydrogens (tertiary/aromatic N) is 1. The third-order valence-electron chi connectivity index (χ3n) is 3.20. The summed E-state index contributed by atoms with van der Waals surface area (Å²) in [5.41, 5.74) is 1.58. The summed E-state index contributed by atoms with van der Waals surface area (Å²) in [6.45, 7) is 0. The maximum atomic E-state index is 13.1. The zero-order valence-corrected chi connectivity index (χ0v) is 13.8. The molecule has 7 heteroatoms. The van der Waals surface area contributed by atoms with Crippen LogP contribution in [0.4, 0.5) is 14.5 Å². The molecule has 3 nitrogen and oxygen atoms in total. The molecule has 1 N–H and O–H groups in total. The van der Waals surface area contributed by atoms with Crippen LogP contribution in [0.3, 0.4) is 0 Å². The van der Waals surface area contributed by atoms with E-state index in [1.165, 1.54) is 17.4 Å². The smallest absolute Gasteiger partial charge is 0.230 e. The first-order chi connectivity index (χ1) is 11.5. The molecule has 0 bridgehead atoms. The van der Waals surface area contributed by atoms with Crippen molar-refractivity contribution in [3.8, 4) is 10.6 Å². The molecule has 3 rings (SSSR count). The largest absolute Gasteiger partial charge is 0.326 e. The molecule has 3 aromatic rings. The van der Waals surface area contributed by atoms with E-state index in [4.69, 9.17) is 11.6 Å². The van der Waals surface area contributed by atoms with Gasteiger partial charge in [-0.05, 0) is 18.2 Å². The van der Waals surface area contributed by atoms with E-state index in [1.54, 1.807) is 11.4 Å². The number of thiazole rings is 1. The summed E-state index contributed by atoms with van der Waals surface area (Å²) in [5, 5.41) is 5.59. The molecule has 0 spiro atoms. The van der Waals surface area contributed by atoms with Crippen LogP contribution < -0.4 is 5.32 Å². The Morgan fingerprint density at radius 1 is 1.17 bits per heavy atom. The van der Waals surface area contributed by atoms with Gasteiger partial charge in [0.05, 0.1) is 17.1 Å². The molecule has 0 aliphatic heterocycles. The Balaban J connectivity index is 1.69. The van der Waals surface area contributed by atoms with Gasteiger partial charge in [-0.25, -0.2) is 13.8 Å². The van der Waals surface area contributed by atoms with Crippen LogP contribution in [-0.4, -0.2) is 10.9 Å². The lowest BCUT2D eigenvalue weighted by atomic mass is 10.2. The molecule has 2 aromatic carbocycles. The van der Waals surface area contributed by atoms with Gasteiger partial charge in [0.15, 0.2) is 11.6 Å². The molecule has 0 atom stereocenters. The van der Waals surface area contributed by atoms with Crippen molar-refractivity contribution in [1.29, 1.82) is 0 Å². The number of anilines is 1. The summed E-state index contributed by atoms with van der Waals surface area (Å²) in [7, 11) is 0. The van der Waals surface area contributed by atoms with Crippen LogP contribution in [0.15, 0.2) is 47.8 Å². The minimum Gasteiger partial charge on any atom is -0.326 e. The first-order valence-corrected chi connectivity index (χ1v) is 8.23. The topological polar surface area (TPSA) is 42.0 Å². The molecule has 0 fully saturated rings. The summed E-state index contributed by atoms with van der Waals surface area (Å²) in [5.74, 6) is -2.34. The Bertz CT molecular complexity index is 898. The van der Waals surface area contributed by atoms with Crippen molar-refractivity contribution in [3.05, 3.63) is 70.2 Å². The number of halogens is 3. The summed E-state index contributed by atoms with van der Waals surface area (Å²) < 4.78 is 26.0. The normalized spacial score (nSPS) is 10.6. The van der Waals surface area contributed by atoms with Gasteiger partial charge in [-0.1, -0.05) is 29.8 Å². The van der Waals surface area contributed by atoms with Gasteiger partial charge >= 0.3 is 0 Å². The van der Waals surface area contributed by atoms with E-state index in [0.717, 1.165) is 22.7 Å².